The van der Waals surface area contributed by atoms with Gasteiger partial charge in [-0.1, -0.05) is 6.07 Å². The third kappa shape index (κ3) is 3.19. The summed E-state index contributed by atoms with van der Waals surface area (Å²) in [5.41, 5.74) is 1.02. The molecule has 1 N–H and O–H groups in total. The lowest BCUT2D eigenvalue weighted by Gasteiger charge is -2.00. The van der Waals surface area contributed by atoms with Crippen molar-refractivity contribution in [3.63, 3.8) is 0 Å². The van der Waals surface area contributed by atoms with Crippen LogP contribution in [0.1, 0.15) is 5.69 Å². The van der Waals surface area contributed by atoms with Crippen molar-refractivity contribution in [3.8, 4) is 11.5 Å². The molecule has 9 heteroatoms. The molecule has 3 aromatic rings. The molecule has 23 heavy (non-hydrogen) atoms. The van der Waals surface area contributed by atoms with E-state index in [0.29, 0.717) is 16.6 Å². The molecule has 0 fully saturated rings. The summed E-state index contributed by atoms with van der Waals surface area (Å²) >= 11 is 1.33. The molecule has 1 amide bonds. The third-order valence-electron chi connectivity index (χ3n) is 3.09. The van der Waals surface area contributed by atoms with Crippen LogP contribution in [0.2, 0.25) is 0 Å². The molecule has 3 rings (SSSR count). The van der Waals surface area contributed by atoms with Gasteiger partial charge in [-0.2, -0.15) is 0 Å². The van der Waals surface area contributed by atoms with Crippen molar-refractivity contribution in [2.45, 2.75) is 13.5 Å². The highest BCUT2D eigenvalue weighted by atomic mass is 32.1. The van der Waals surface area contributed by atoms with Crippen molar-refractivity contribution in [2.24, 2.45) is 7.05 Å². The predicted octanol–water partition coefficient (Wildman–Crippen LogP) is 1.05. The van der Waals surface area contributed by atoms with Crippen LogP contribution < -0.4 is 11.0 Å². The molecular weight excluding hydrogens is 316 g/mol. The summed E-state index contributed by atoms with van der Waals surface area (Å²) in [6.45, 7) is 1.66. The minimum atomic E-state index is -0.379. The highest BCUT2D eigenvalue weighted by Gasteiger charge is 2.15. The highest BCUT2D eigenvalue weighted by Crippen LogP contribution is 2.14. The van der Waals surface area contributed by atoms with Crippen molar-refractivity contribution in [1.82, 2.24) is 24.3 Å². The first-order valence-electron chi connectivity index (χ1n) is 6.82. The van der Waals surface area contributed by atoms with Crippen LogP contribution in [0.25, 0.3) is 11.5 Å². The minimum absolute atomic E-state index is 0.182. The first-order valence-corrected chi connectivity index (χ1v) is 7.70. The number of hydrogen-bond acceptors (Lipinski definition) is 6. The van der Waals surface area contributed by atoms with Crippen molar-refractivity contribution in [3.05, 3.63) is 46.0 Å². The first-order chi connectivity index (χ1) is 11.0. The Morgan fingerprint density at radius 1 is 1.39 bits per heavy atom. The molecule has 0 aliphatic heterocycles. The molecule has 0 radical (unpaired) electrons. The van der Waals surface area contributed by atoms with E-state index < -0.39 is 0 Å². The standard InChI is InChI=1S/C14H14N6O2S/c1-9-8-23-13(16-9)17-11(21)7-20-14(22)19(2)12(18-20)10-5-3-4-6-15-10/h3-6,8H,7H2,1-2H3,(H,16,17,21). The maximum absolute atomic E-state index is 12.2. The average molecular weight is 330 g/mol. The van der Waals surface area contributed by atoms with Crippen LogP contribution in [0.5, 0.6) is 0 Å². The summed E-state index contributed by atoms with van der Waals surface area (Å²) in [5.74, 6) is 0.0561. The van der Waals surface area contributed by atoms with Gasteiger partial charge in [0.2, 0.25) is 5.91 Å². The molecule has 0 saturated carbocycles. The number of nitrogens with one attached hydrogen (secondary N) is 1. The van der Waals surface area contributed by atoms with Gasteiger partial charge in [0.15, 0.2) is 11.0 Å². The maximum Gasteiger partial charge on any atom is 0.346 e. The fraction of sp³-hybridized carbons (Fsp3) is 0.214. The van der Waals surface area contributed by atoms with Gasteiger partial charge < -0.3 is 5.32 Å². The van der Waals surface area contributed by atoms with Crippen LogP contribution in [0.4, 0.5) is 5.13 Å². The lowest BCUT2D eigenvalue weighted by molar-refractivity contribution is -0.117. The van der Waals surface area contributed by atoms with Gasteiger partial charge in [-0.05, 0) is 19.1 Å². The summed E-state index contributed by atoms with van der Waals surface area (Å²) in [5, 5.41) is 9.18. The second-order valence-electron chi connectivity index (χ2n) is 4.88. The van der Waals surface area contributed by atoms with E-state index in [1.807, 2.05) is 18.4 Å². The van der Waals surface area contributed by atoms with Crippen LogP contribution in [0.3, 0.4) is 0 Å². The minimum Gasteiger partial charge on any atom is -0.300 e. The van der Waals surface area contributed by atoms with Gasteiger partial charge >= 0.3 is 5.69 Å². The van der Waals surface area contributed by atoms with E-state index in [1.54, 1.807) is 25.4 Å². The molecule has 0 atom stereocenters. The fourth-order valence-corrected chi connectivity index (χ4v) is 2.72. The number of thiazole rings is 1. The Balaban J connectivity index is 1.81. The lowest BCUT2D eigenvalue weighted by Crippen LogP contribution is -2.29. The summed E-state index contributed by atoms with van der Waals surface area (Å²) in [4.78, 5) is 32.5. The van der Waals surface area contributed by atoms with E-state index in [1.165, 1.54) is 15.9 Å². The summed E-state index contributed by atoms with van der Waals surface area (Å²) < 4.78 is 2.48. The van der Waals surface area contributed by atoms with Gasteiger partial charge in [0.1, 0.15) is 12.2 Å². The zero-order valence-corrected chi connectivity index (χ0v) is 13.4. The first kappa shape index (κ1) is 15.1. The Hall–Kier alpha value is -2.81. The molecule has 0 saturated heterocycles. The monoisotopic (exact) mass is 330 g/mol. The topological polar surface area (TPSA) is 94.7 Å². The number of carbonyl (C=O) groups is 1. The summed E-state index contributed by atoms with van der Waals surface area (Å²) in [7, 11) is 1.60. The Bertz CT molecular complexity index is 896. The molecule has 118 valence electrons. The number of aromatic nitrogens is 5. The molecular formula is C14H14N6O2S. The smallest absolute Gasteiger partial charge is 0.300 e. The Labute approximate surface area is 135 Å². The van der Waals surface area contributed by atoms with Crippen LogP contribution in [0, 0.1) is 6.92 Å². The normalized spacial score (nSPS) is 10.7. The van der Waals surface area contributed by atoms with Crippen LogP contribution >= 0.6 is 11.3 Å². The largest absolute Gasteiger partial charge is 0.346 e. The van der Waals surface area contributed by atoms with Crippen molar-refractivity contribution < 1.29 is 4.79 Å². The summed E-state index contributed by atoms with van der Waals surface area (Å²) in [6.07, 6.45) is 1.62. The Morgan fingerprint density at radius 2 is 2.22 bits per heavy atom. The van der Waals surface area contributed by atoms with E-state index in [9.17, 15) is 9.59 Å². The number of carbonyl (C=O) groups excluding carboxylic acids is 1. The molecule has 3 aromatic heterocycles. The quantitative estimate of drug-likeness (QED) is 0.771. The van der Waals surface area contributed by atoms with E-state index in [4.69, 9.17) is 0 Å². The van der Waals surface area contributed by atoms with Gasteiger partial charge in [0, 0.05) is 18.6 Å². The van der Waals surface area contributed by atoms with E-state index in [2.05, 4.69) is 20.4 Å². The number of amides is 1. The molecule has 0 aromatic carbocycles. The molecule has 0 bridgehead atoms. The number of anilines is 1. The fourth-order valence-electron chi connectivity index (χ4n) is 2.02. The SMILES string of the molecule is Cc1csc(NC(=O)Cn2nc(-c3ccccn3)n(C)c2=O)n1. The summed E-state index contributed by atoms with van der Waals surface area (Å²) in [6, 6.07) is 5.34. The van der Waals surface area contributed by atoms with Crippen LogP contribution in [-0.2, 0) is 18.4 Å². The molecule has 0 unspecified atom stereocenters. The second kappa shape index (κ2) is 6.13. The number of aryl methyl sites for hydroxylation is 1. The molecule has 3 heterocycles. The predicted molar refractivity (Wildman–Crippen MR) is 86.2 cm³/mol. The number of pyridine rings is 1. The molecule has 0 aliphatic rings. The van der Waals surface area contributed by atoms with Crippen molar-refractivity contribution >= 4 is 22.4 Å². The van der Waals surface area contributed by atoms with Gasteiger partial charge in [-0.15, -0.1) is 16.4 Å². The van der Waals surface area contributed by atoms with Gasteiger partial charge in [-0.25, -0.2) is 14.5 Å². The number of hydrogen-bond donors (Lipinski definition) is 1. The Morgan fingerprint density at radius 3 is 2.87 bits per heavy atom. The van der Waals surface area contributed by atoms with E-state index >= 15 is 0 Å². The van der Waals surface area contributed by atoms with Crippen molar-refractivity contribution in [1.29, 1.82) is 0 Å². The van der Waals surface area contributed by atoms with Crippen LogP contribution in [-0.4, -0.2) is 30.2 Å². The molecule has 8 nitrogen and oxygen atoms in total. The highest BCUT2D eigenvalue weighted by molar-refractivity contribution is 7.13. The van der Waals surface area contributed by atoms with E-state index in [0.717, 1.165) is 10.4 Å². The van der Waals surface area contributed by atoms with Gasteiger partial charge in [0.05, 0.1) is 5.69 Å². The van der Waals surface area contributed by atoms with Crippen molar-refractivity contribution in [2.75, 3.05) is 5.32 Å². The maximum atomic E-state index is 12.2. The Kier molecular flexibility index (Phi) is 4.02. The molecule has 0 spiro atoms. The van der Waals surface area contributed by atoms with E-state index in [-0.39, 0.29) is 18.1 Å². The van der Waals surface area contributed by atoms with Gasteiger partial charge in [0.25, 0.3) is 0 Å². The van der Waals surface area contributed by atoms with Crippen LogP contribution in [0.15, 0.2) is 34.6 Å². The zero-order chi connectivity index (χ0) is 16.4. The lowest BCUT2D eigenvalue weighted by atomic mass is 10.3. The molecule has 0 aliphatic carbocycles. The van der Waals surface area contributed by atoms with Gasteiger partial charge in [-0.3, -0.25) is 14.3 Å². The second-order valence-corrected chi connectivity index (χ2v) is 5.74. The average Bonchev–Trinajstić information content (AvgIpc) is 3.06. The zero-order valence-electron chi connectivity index (χ0n) is 12.6. The number of nitrogens with zero attached hydrogens (tertiary/aromatic N) is 5. The third-order valence-corrected chi connectivity index (χ3v) is 3.97. The number of rotatable bonds is 4.